The third kappa shape index (κ3) is 6.55. The van der Waals surface area contributed by atoms with E-state index < -0.39 is 30.8 Å². The molecule has 33 heavy (non-hydrogen) atoms. The highest BCUT2D eigenvalue weighted by Gasteiger charge is 2.45. The maximum absolute atomic E-state index is 13.4. The van der Waals surface area contributed by atoms with Crippen molar-refractivity contribution >= 4 is 17.5 Å². The van der Waals surface area contributed by atoms with Crippen molar-refractivity contribution in [1.29, 1.82) is 0 Å². The van der Waals surface area contributed by atoms with E-state index >= 15 is 0 Å². The highest BCUT2D eigenvalue weighted by atomic mass is 35.5. The van der Waals surface area contributed by atoms with Gasteiger partial charge < -0.3 is 19.2 Å². The van der Waals surface area contributed by atoms with E-state index in [-0.39, 0.29) is 53.6 Å². The van der Waals surface area contributed by atoms with Gasteiger partial charge in [0.1, 0.15) is 17.7 Å². The fourth-order valence-corrected chi connectivity index (χ4v) is 3.62. The molecule has 0 unspecified atom stereocenters. The predicted octanol–water partition coefficient (Wildman–Crippen LogP) is 3.92. The van der Waals surface area contributed by atoms with E-state index in [1.165, 1.54) is 12.1 Å². The zero-order chi connectivity index (χ0) is 23.6. The smallest absolute Gasteiger partial charge is 0.484 e. The summed E-state index contributed by atoms with van der Waals surface area (Å²) >= 11 is 5.60. The lowest BCUT2D eigenvalue weighted by Gasteiger charge is -2.27. The molecule has 4 rings (SSSR count). The van der Waals surface area contributed by atoms with Crippen molar-refractivity contribution in [1.82, 2.24) is 15.5 Å². The van der Waals surface area contributed by atoms with Crippen molar-refractivity contribution < 1.29 is 41.0 Å². The summed E-state index contributed by atoms with van der Waals surface area (Å²) in [5.74, 6) is -0.879. The summed E-state index contributed by atoms with van der Waals surface area (Å²) < 4.78 is 70.2. The Morgan fingerprint density at radius 3 is 2.73 bits per heavy atom. The Morgan fingerprint density at radius 2 is 2.03 bits per heavy atom. The van der Waals surface area contributed by atoms with Gasteiger partial charge in [-0.1, -0.05) is 11.6 Å². The number of hydrogen-bond donors (Lipinski definition) is 1. The van der Waals surface area contributed by atoms with Crippen LogP contribution in [0.15, 0.2) is 22.6 Å². The molecule has 1 aromatic carbocycles. The molecule has 2 aromatic rings. The zero-order valence-corrected chi connectivity index (χ0v) is 17.9. The maximum Gasteiger partial charge on any atom is 0.522 e. The van der Waals surface area contributed by atoms with Crippen molar-refractivity contribution in [3.8, 4) is 5.75 Å². The van der Waals surface area contributed by atoms with Crippen LogP contribution in [0.3, 0.4) is 0 Å². The Bertz CT molecular complexity index is 981. The number of benzene rings is 1. The maximum atomic E-state index is 13.4. The minimum Gasteiger partial charge on any atom is -0.484 e. The molecule has 13 heteroatoms. The molecule has 1 saturated heterocycles. The number of hydrogen-bond acceptors (Lipinski definition) is 7. The van der Waals surface area contributed by atoms with Gasteiger partial charge in [-0.05, 0) is 37.3 Å². The van der Waals surface area contributed by atoms with Gasteiger partial charge in [0.2, 0.25) is 11.8 Å². The molecule has 2 aliphatic rings. The van der Waals surface area contributed by atoms with E-state index in [1.54, 1.807) is 0 Å². The molecule has 2 fully saturated rings. The van der Waals surface area contributed by atoms with Gasteiger partial charge in [0, 0.05) is 12.0 Å². The molecule has 0 radical (unpaired) electrons. The fourth-order valence-electron chi connectivity index (χ4n) is 3.51. The first-order valence-corrected chi connectivity index (χ1v) is 10.6. The van der Waals surface area contributed by atoms with Crippen LogP contribution in [-0.2, 0) is 14.3 Å². The molecule has 4 atom stereocenters. The van der Waals surface area contributed by atoms with Crippen molar-refractivity contribution in [2.24, 2.45) is 5.92 Å². The van der Waals surface area contributed by atoms with Crippen LogP contribution < -0.4 is 10.1 Å². The number of aromatic nitrogens is 2. The zero-order valence-electron chi connectivity index (χ0n) is 17.1. The number of nitrogens with zero attached hydrogens (tertiary/aromatic N) is 2. The Labute approximate surface area is 190 Å². The largest absolute Gasteiger partial charge is 0.522 e. The second kappa shape index (κ2) is 9.82. The lowest BCUT2D eigenvalue weighted by molar-refractivity contribution is -0.326. The minimum atomic E-state index is -4.66. The second-order valence-electron chi connectivity index (χ2n) is 7.87. The number of ether oxygens (including phenoxy) is 3. The Kier molecular flexibility index (Phi) is 7.05. The summed E-state index contributed by atoms with van der Waals surface area (Å²) in [6.07, 6.45) is -3.55. The molecule has 1 aliphatic heterocycles. The van der Waals surface area contributed by atoms with Crippen LogP contribution in [0, 0.1) is 11.7 Å². The van der Waals surface area contributed by atoms with Gasteiger partial charge >= 0.3 is 6.36 Å². The quantitative estimate of drug-likeness (QED) is 0.557. The molecule has 0 bridgehead atoms. The summed E-state index contributed by atoms with van der Waals surface area (Å²) in [5, 5.41) is 10.6. The molecule has 180 valence electrons. The highest BCUT2D eigenvalue weighted by Crippen LogP contribution is 2.48. The second-order valence-corrected chi connectivity index (χ2v) is 8.27. The molecule has 2 heterocycles. The van der Waals surface area contributed by atoms with Gasteiger partial charge in [0.15, 0.2) is 6.61 Å². The minimum absolute atomic E-state index is 0.0403. The first-order chi connectivity index (χ1) is 15.7. The molecule has 1 aromatic heterocycles. The van der Waals surface area contributed by atoms with Gasteiger partial charge in [-0.3, -0.25) is 9.53 Å². The van der Waals surface area contributed by atoms with Gasteiger partial charge in [-0.25, -0.2) is 4.39 Å². The summed E-state index contributed by atoms with van der Waals surface area (Å²) in [4.78, 5) is 12.1. The number of nitrogens with one attached hydrogen (secondary N) is 1. The SMILES string of the molecule is O=C(COc1ccc(Cl)c(F)c1)N[C@@H]1CC[C@@H](c2nnc([C@@H]3C[C@H]3COC(F)(F)F)o2)OC1. The average Bonchev–Trinajstić information content (AvgIpc) is 3.39. The third-order valence-corrected chi connectivity index (χ3v) is 5.64. The van der Waals surface area contributed by atoms with E-state index in [2.05, 4.69) is 20.3 Å². The first kappa shape index (κ1) is 23.7. The third-order valence-electron chi connectivity index (χ3n) is 5.33. The summed E-state index contributed by atoms with van der Waals surface area (Å²) in [5.41, 5.74) is 0. The van der Waals surface area contributed by atoms with Crippen LogP contribution in [-0.4, -0.2) is 48.3 Å². The van der Waals surface area contributed by atoms with Crippen LogP contribution in [0.5, 0.6) is 5.75 Å². The van der Waals surface area contributed by atoms with E-state index in [4.69, 9.17) is 25.5 Å². The summed E-state index contributed by atoms with van der Waals surface area (Å²) in [6, 6.07) is 3.63. The number of halogens is 5. The van der Waals surface area contributed by atoms with Crippen LogP contribution in [0.1, 0.15) is 43.1 Å². The monoisotopic (exact) mass is 493 g/mol. The molecule has 1 saturated carbocycles. The Balaban J connectivity index is 1.18. The molecule has 0 spiro atoms. The van der Waals surface area contributed by atoms with Crippen molar-refractivity contribution in [3.63, 3.8) is 0 Å². The number of rotatable bonds is 8. The lowest BCUT2D eigenvalue weighted by Crippen LogP contribution is -2.43. The van der Waals surface area contributed by atoms with E-state index in [0.29, 0.717) is 19.3 Å². The molecular weight excluding hydrogens is 474 g/mol. The molecule has 1 amide bonds. The number of amides is 1. The average molecular weight is 494 g/mol. The van der Waals surface area contributed by atoms with Gasteiger partial charge in [0.05, 0.1) is 24.3 Å². The Morgan fingerprint density at radius 1 is 1.24 bits per heavy atom. The molecular formula is C20H20ClF4N3O5. The van der Waals surface area contributed by atoms with Crippen molar-refractivity contribution in [3.05, 3.63) is 40.8 Å². The first-order valence-electron chi connectivity index (χ1n) is 10.2. The van der Waals surface area contributed by atoms with Crippen molar-refractivity contribution in [2.75, 3.05) is 19.8 Å². The van der Waals surface area contributed by atoms with Crippen LogP contribution in [0.25, 0.3) is 0 Å². The Hall–Kier alpha value is -2.44. The van der Waals surface area contributed by atoms with E-state index in [0.717, 1.165) is 6.07 Å². The standard InChI is InChI=1S/C20H20ClF4N3O5/c21-14-3-2-12(6-15(14)22)30-9-17(29)26-11-1-4-16(31-8-11)19-28-27-18(33-19)13-5-10(13)7-32-20(23,24)25/h2-3,6,10-11,13,16H,1,4-5,7-9H2,(H,26,29)/t10-,11+,13+,16-/m0/s1. The highest BCUT2D eigenvalue weighted by molar-refractivity contribution is 6.30. The van der Waals surface area contributed by atoms with Crippen LogP contribution in [0.4, 0.5) is 17.6 Å². The van der Waals surface area contributed by atoms with E-state index in [1.807, 2.05) is 0 Å². The lowest BCUT2D eigenvalue weighted by atomic mass is 10.0. The number of alkyl halides is 3. The topological polar surface area (TPSA) is 95.7 Å². The molecule has 8 nitrogen and oxygen atoms in total. The molecule has 1 N–H and O–H groups in total. The van der Waals surface area contributed by atoms with Crippen LogP contribution in [0.2, 0.25) is 5.02 Å². The van der Waals surface area contributed by atoms with Crippen molar-refractivity contribution in [2.45, 2.75) is 43.7 Å². The predicted molar refractivity (Wildman–Crippen MR) is 104 cm³/mol. The summed E-state index contributed by atoms with van der Waals surface area (Å²) in [7, 11) is 0. The molecule has 1 aliphatic carbocycles. The van der Waals surface area contributed by atoms with Gasteiger partial charge in [0.25, 0.3) is 5.91 Å². The van der Waals surface area contributed by atoms with Gasteiger partial charge in [-0.2, -0.15) is 0 Å². The number of carbonyl (C=O) groups excluding carboxylic acids is 1. The normalized spacial score (nSPS) is 25.0. The fraction of sp³-hybridized carbons (Fsp3) is 0.550. The number of carbonyl (C=O) groups is 1. The van der Waals surface area contributed by atoms with E-state index in [9.17, 15) is 22.4 Å². The van der Waals surface area contributed by atoms with Crippen LogP contribution >= 0.6 is 11.6 Å². The summed E-state index contributed by atoms with van der Waals surface area (Å²) in [6.45, 7) is -0.534. The van der Waals surface area contributed by atoms with Gasteiger partial charge in [-0.15, -0.1) is 23.4 Å².